The van der Waals surface area contributed by atoms with Crippen LogP contribution in [0, 0.1) is 5.92 Å². The highest BCUT2D eigenvalue weighted by molar-refractivity contribution is 5.79. The normalized spacial score (nSPS) is 18.0. The van der Waals surface area contributed by atoms with E-state index in [0.29, 0.717) is 6.54 Å². The van der Waals surface area contributed by atoms with Crippen LogP contribution < -0.4 is 5.32 Å². The highest BCUT2D eigenvalue weighted by Crippen LogP contribution is 2.26. The molecule has 0 spiro atoms. The maximum absolute atomic E-state index is 10.1. The molecule has 1 fully saturated rings. The molecule has 1 saturated carbocycles. The van der Waals surface area contributed by atoms with Crippen LogP contribution in [0.3, 0.4) is 0 Å². The average Bonchev–Trinajstić information content (AvgIpc) is 2.63. The van der Waals surface area contributed by atoms with Gasteiger partial charge in [-0.15, -0.1) is 0 Å². The minimum Gasteiger partial charge on any atom is -0.478 e. The van der Waals surface area contributed by atoms with Crippen LogP contribution in [0.25, 0.3) is 0 Å². The summed E-state index contributed by atoms with van der Waals surface area (Å²) >= 11 is 0. The van der Waals surface area contributed by atoms with Crippen molar-refractivity contribution in [3.05, 3.63) is 12.2 Å². The molecule has 0 saturated heterocycles. The zero-order valence-corrected chi connectivity index (χ0v) is 8.54. The summed E-state index contributed by atoms with van der Waals surface area (Å²) in [4.78, 5) is 10.1. The fourth-order valence-corrected chi connectivity index (χ4v) is 1.95. The predicted molar refractivity (Wildman–Crippen MR) is 56.2 cm³/mol. The molecular weight excluding hydrogens is 178 g/mol. The van der Waals surface area contributed by atoms with Crippen LogP contribution in [0.15, 0.2) is 12.2 Å². The van der Waals surface area contributed by atoms with Crippen molar-refractivity contribution in [2.45, 2.75) is 32.1 Å². The van der Waals surface area contributed by atoms with E-state index in [1.54, 1.807) is 6.08 Å². The van der Waals surface area contributed by atoms with Crippen molar-refractivity contribution < 1.29 is 9.90 Å². The van der Waals surface area contributed by atoms with Gasteiger partial charge in [0.2, 0.25) is 0 Å². The molecular formula is C11H19NO2. The van der Waals surface area contributed by atoms with Gasteiger partial charge in [0, 0.05) is 12.6 Å². The van der Waals surface area contributed by atoms with E-state index in [9.17, 15) is 4.79 Å². The number of nitrogens with one attached hydrogen (secondary N) is 1. The highest BCUT2D eigenvalue weighted by Gasteiger charge is 2.13. The summed E-state index contributed by atoms with van der Waals surface area (Å²) in [7, 11) is 0. The SMILES string of the molecule is O=C(O)/C=C/CNCCC1CCCC1. The first-order valence-corrected chi connectivity index (χ1v) is 5.39. The number of carbonyl (C=O) groups is 1. The van der Waals surface area contributed by atoms with Crippen LogP contribution in [-0.2, 0) is 4.79 Å². The topological polar surface area (TPSA) is 49.3 Å². The van der Waals surface area contributed by atoms with Crippen LogP contribution in [-0.4, -0.2) is 24.2 Å². The molecule has 0 aromatic carbocycles. The summed E-state index contributed by atoms with van der Waals surface area (Å²) in [5.41, 5.74) is 0. The van der Waals surface area contributed by atoms with E-state index < -0.39 is 5.97 Å². The van der Waals surface area contributed by atoms with E-state index in [1.165, 1.54) is 38.2 Å². The Labute approximate surface area is 85.2 Å². The first-order chi connectivity index (χ1) is 6.79. The summed E-state index contributed by atoms with van der Waals surface area (Å²) < 4.78 is 0. The molecule has 0 heterocycles. The third-order valence-corrected chi connectivity index (χ3v) is 2.73. The molecule has 0 aliphatic heterocycles. The van der Waals surface area contributed by atoms with E-state index in [4.69, 9.17) is 5.11 Å². The smallest absolute Gasteiger partial charge is 0.328 e. The molecule has 0 radical (unpaired) electrons. The second-order valence-electron chi connectivity index (χ2n) is 3.88. The Balaban J connectivity index is 1.91. The molecule has 2 N–H and O–H groups in total. The van der Waals surface area contributed by atoms with E-state index >= 15 is 0 Å². The van der Waals surface area contributed by atoms with Gasteiger partial charge in [0.15, 0.2) is 0 Å². The Kier molecular flexibility index (Phi) is 5.30. The molecule has 0 amide bonds. The molecule has 1 aliphatic rings. The second-order valence-corrected chi connectivity index (χ2v) is 3.88. The first kappa shape index (κ1) is 11.2. The van der Waals surface area contributed by atoms with E-state index in [0.717, 1.165) is 12.5 Å². The lowest BCUT2D eigenvalue weighted by molar-refractivity contribution is -0.131. The number of carboxylic acids is 1. The lowest BCUT2D eigenvalue weighted by Gasteiger charge is -2.07. The maximum atomic E-state index is 10.1. The van der Waals surface area contributed by atoms with Gasteiger partial charge in [0.25, 0.3) is 0 Å². The minimum atomic E-state index is -0.873. The Morgan fingerprint density at radius 2 is 2.14 bits per heavy atom. The van der Waals surface area contributed by atoms with Crippen molar-refractivity contribution in [3.63, 3.8) is 0 Å². The van der Waals surface area contributed by atoms with Crippen LogP contribution in [0.1, 0.15) is 32.1 Å². The third-order valence-electron chi connectivity index (χ3n) is 2.73. The molecule has 0 bridgehead atoms. The monoisotopic (exact) mass is 197 g/mol. The van der Waals surface area contributed by atoms with Gasteiger partial charge in [-0.05, 0) is 18.9 Å². The second kappa shape index (κ2) is 6.60. The first-order valence-electron chi connectivity index (χ1n) is 5.39. The minimum absolute atomic E-state index is 0.666. The van der Waals surface area contributed by atoms with Crippen LogP contribution in [0.5, 0.6) is 0 Å². The Morgan fingerprint density at radius 1 is 1.43 bits per heavy atom. The van der Waals surface area contributed by atoms with E-state index in [-0.39, 0.29) is 0 Å². The Bertz CT molecular complexity index is 195. The van der Waals surface area contributed by atoms with Gasteiger partial charge in [-0.25, -0.2) is 4.79 Å². The van der Waals surface area contributed by atoms with Crippen LogP contribution in [0.2, 0.25) is 0 Å². The molecule has 0 aromatic rings. The van der Waals surface area contributed by atoms with Gasteiger partial charge >= 0.3 is 5.97 Å². The molecule has 1 aliphatic carbocycles. The Hall–Kier alpha value is -0.830. The largest absolute Gasteiger partial charge is 0.478 e. The quantitative estimate of drug-likeness (QED) is 0.504. The lowest BCUT2D eigenvalue weighted by atomic mass is 10.0. The lowest BCUT2D eigenvalue weighted by Crippen LogP contribution is -2.17. The number of aliphatic carboxylic acids is 1. The van der Waals surface area contributed by atoms with Crippen LogP contribution in [0.4, 0.5) is 0 Å². The molecule has 80 valence electrons. The number of rotatable bonds is 6. The molecule has 0 atom stereocenters. The third kappa shape index (κ3) is 5.02. The molecule has 14 heavy (non-hydrogen) atoms. The van der Waals surface area contributed by atoms with Gasteiger partial charge < -0.3 is 10.4 Å². The van der Waals surface area contributed by atoms with Gasteiger partial charge in [-0.1, -0.05) is 31.8 Å². The van der Waals surface area contributed by atoms with Crippen molar-refractivity contribution in [3.8, 4) is 0 Å². The van der Waals surface area contributed by atoms with Crippen molar-refractivity contribution >= 4 is 5.97 Å². The van der Waals surface area contributed by atoms with E-state index in [1.807, 2.05) is 0 Å². The van der Waals surface area contributed by atoms with E-state index in [2.05, 4.69) is 5.32 Å². The fourth-order valence-electron chi connectivity index (χ4n) is 1.95. The average molecular weight is 197 g/mol. The van der Waals surface area contributed by atoms with Crippen LogP contribution >= 0.6 is 0 Å². The number of carboxylic acid groups (broad SMARTS) is 1. The standard InChI is InChI=1S/C11H19NO2/c13-11(14)6-3-8-12-9-7-10-4-1-2-5-10/h3,6,10,12H,1-2,4-5,7-9H2,(H,13,14)/b6-3+. The summed E-state index contributed by atoms with van der Waals surface area (Å²) in [5, 5.41) is 11.5. The van der Waals surface area contributed by atoms with Gasteiger partial charge in [0.1, 0.15) is 0 Å². The molecule has 1 rings (SSSR count). The van der Waals surface area contributed by atoms with Gasteiger partial charge in [-0.3, -0.25) is 0 Å². The zero-order chi connectivity index (χ0) is 10.2. The van der Waals surface area contributed by atoms with Crippen molar-refractivity contribution in [1.29, 1.82) is 0 Å². The van der Waals surface area contributed by atoms with Gasteiger partial charge in [-0.2, -0.15) is 0 Å². The molecule has 0 unspecified atom stereocenters. The zero-order valence-electron chi connectivity index (χ0n) is 8.54. The highest BCUT2D eigenvalue weighted by atomic mass is 16.4. The maximum Gasteiger partial charge on any atom is 0.328 e. The molecule has 3 heteroatoms. The van der Waals surface area contributed by atoms with Crippen molar-refractivity contribution in [1.82, 2.24) is 5.32 Å². The summed E-state index contributed by atoms with van der Waals surface area (Å²) in [6.45, 7) is 1.67. The predicted octanol–water partition coefficient (Wildman–Crippen LogP) is 1.80. The molecule has 0 aromatic heterocycles. The Morgan fingerprint density at radius 3 is 2.79 bits per heavy atom. The van der Waals surface area contributed by atoms with Gasteiger partial charge in [0.05, 0.1) is 0 Å². The number of hydrogen-bond donors (Lipinski definition) is 2. The van der Waals surface area contributed by atoms with Crippen molar-refractivity contribution in [2.75, 3.05) is 13.1 Å². The fraction of sp³-hybridized carbons (Fsp3) is 0.727. The number of hydrogen-bond acceptors (Lipinski definition) is 2. The summed E-state index contributed by atoms with van der Waals surface area (Å²) in [5.74, 6) is 0.0357. The molecule has 3 nitrogen and oxygen atoms in total. The summed E-state index contributed by atoms with van der Waals surface area (Å²) in [6, 6.07) is 0. The van der Waals surface area contributed by atoms with Crippen molar-refractivity contribution in [2.24, 2.45) is 5.92 Å². The summed E-state index contributed by atoms with van der Waals surface area (Å²) in [6.07, 6.45) is 9.62.